The van der Waals surface area contributed by atoms with Gasteiger partial charge in [-0.15, -0.1) is 0 Å². The van der Waals surface area contributed by atoms with Crippen molar-refractivity contribution in [2.75, 3.05) is 0 Å². The van der Waals surface area contributed by atoms with Gasteiger partial charge in [0.15, 0.2) is 5.75 Å². The molecule has 0 fully saturated rings. The fourth-order valence-electron chi connectivity index (χ4n) is 3.43. The number of hydrogen-bond donors (Lipinski definition) is 2. The van der Waals surface area contributed by atoms with E-state index in [0.717, 1.165) is 22.1 Å². The molecule has 0 saturated heterocycles. The number of aromatic hydroxyl groups is 2. The van der Waals surface area contributed by atoms with Gasteiger partial charge in [0.1, 0.15) is 0 Å². The zero-order valence-corrected chi connectivity index (χ0v) is 14.8. The second kappa shape index (κ2) is 6.61. The van der Waals surface area contributed by atoms with E-state index in [9.17, 15) is 15.0 Å². The van der Waals surface area contributed by atoms with Gasteiger partial charge in [0.2, 0.25) is 11.2 Å². The second-order valence-electron chi connectivity index (χ2n) is 6.59. The summed E-state index contributed by atoms with van der Waals surface area (Å²) in [5, 5.41) is 22.1. The SMILES string of the molecule is Cc1cc(=O)c(O)c(O)cc1-c1cccc(-c2cccc3ccccc23)c1. The van der Waals surface area contributed by atoms with Gasteiger partial charge in [-0.3, -0.25) is 4.79 Å². The van der Waals surface area contributed by atoms with Crippen LogP contribution >= 0.6 is 0 Å². The van der Waals surface area contributed by atoms with Gasteiger partial charge in [-0.25, -0.2) is 0 Å². The molecule has 27 heavy (non-hydrogen) atoms. The fourth-order valence-corrected chi connectivity index (χ4v) is 3.43. The van der Waals surface area contributed by atoms with E-state index in [4.69, 9.17) is 0 Å². The van der Waals surface area contributed by atoms with Crippen LogP contribution in [0.5, 0.6) is 11.5 Å². The van der Waals surface area contributed by atoms with E-state index in [0.29, 0.717) is 11.1 Å². The van der Waals surface area contributed by atoms with Crippen LogP contribution in [0.3, 0.4) is 0 Å². The van der Waals surface area contributed by atoms with Crippen molar-refractivity contribution < 1.29 is 10.2 Å². The molecule has 0 atom stereocenters. The molecule has 0 radical (unpaired) electrons. The molecule has 0 spiro atoms. The van der Waals surface area contributed by atoms with Crippen LogP contribution in [0.2, 0.25) is 0 Å². The summed E-state index contributed by atoms with van der Waals surface area (Å²) >= 11 is 0. The summed E-state index contributed by atoms with van der Waals surface area (Å²) in [7, 11) is 0. The fraction of sp³-hybridized carbons (Fsp3) is 0.0417. The van der Waals surface area contributed by atoms with E-state index < -0.39 is 16.9 Å². The van der Waals surface area contributed by atoms with E-state index in [1.807, 2.05) is 42.5 Å². The molecule has 4 rings (SSSR count). The minimum Gasteiger partial charge on any atom is -0.504 e. The van der Waals surface area contributed by atoms with Crippen LogP contribution in [-0.2, 0) is 0 Å². The quantitative estimate of drug-likeness (QED) is 0.517. The molecule has 132 valence electrons. The number of rotatable bonds is 2. The second-order valence-corrected chi connectivity index (χ2v) is 6.59. The van der Waals surface area contributed by atoms with Crippen LogP contribution in [0.25, 0.3) is 33.0 Å². The van der Waals surface area contributed by atoms with Gasteiger partial charge in [-0.1, -0.05) is 60.7 Å². The number of hydrogen-bond acceptors (Lipinski definition) is 3. The number of fused-ring (bicyclic) bond motifs is 1. The summed E-state index contributed by atoms with van der Waals surface area (Å²) < 4.78 is 0. The van der Waals surface area contributed by atoms with Gasteiger partial charge in [-0.05, 0) is 63.7 Å². The van der Waals surface area contributed by atoms with E-state index >= 15 is 0 Å². The Morgan fingerprint density at radius 2 is 1.37 bits per heavy atom. The van der Waals surface area contributed by atoms with Crippen molar-refractivity contribution in [3.05, 3.63) is 94.6 Å². The first-order chi connectivity index (χ1) is 13.0. The molecule has 4 aromatic carbocycles. The maximum atomic E-state index is 11.9. The molecule has 0 aliphatic carbocycles. The lowest BCUT2D eigenvalue weighted by molar-refractivity contribution is 0.402. The normalized spacial score (nSPS) is 10.9. The maximum absolute atomic E-state index is 11.9. The van der Waals surface area contributed by atoms with E-state index in [-0.39, 0.29) is 0 Å². The summed E-state index contributed by atoms with van der Waals surface area (Å²) in [4.78, 5) is 11.9. The summed E-state index contributed by atoms with van der Waals surface area (Å²) in [6.45, 7) is 1.79. The molecular formula is C24H18O3. The third kappa shape index (κ3) is 3.04. The topological polar surface area (TPSA) is 57.5 Å². The third-order valence-electron chi connectivity index (χ3n) is 4.80. The van der Waals surface area contributed by atoms with Crippen LogP contribution in [-0.4, -0.2) is 10.2 Å². The van der Waals surface area contributed by atoms with Gasteiger partial charge >= 0.3 is 0 Å². The van der Waals surface area contributed by atoms with E-state index in [2.05, 4.69) is 24.3 Å². The van der Waals surface area contributed by atoms with Crippen molar-refractivity contribution >= 4 is 10.8 Å². The maximum Gasteiger partial charge on any atom is 0.224 e. The Labute approximate surface area is 156 Å². The highest BCUT2D eigenvalue weighted by molar-refractivity contribution is 5.97. The number of benzene rings is 3. The lowest BCUT2D eigenvalue weighted by Crippen LogP contribution is -1.94. The zero-order chi connectivity index (χ0) is 19.0. The zero-order valence-electron chi connectivity index (χ0n) is 14.8. The first kappa shape index (κ1) is 16.9. The van der Waals surface area contributed by atoms with Crippen molar-refractivity contribution in [3.8, 4) is 33.8 Å². The van der Waals surface area contributed by atoms with Gasteiger partial charge in [0.25, 0.3) is 0 Å². The van der Waals surface area contributed by atoms with Crippen LogP contribution in [0.1, 0.15) is 5.56 Å². The van der Waals surface area contributed by atoms with Crippen molar-refractivity contribution in [2.45, 2.75) is 6.92 Å². The monoisotopic (exact) mass is 354 g/mol. The molecular weight excluding hydrogens is 336 g/mol. The summed E-state index contributed by atoms with van der Waals surface area (Å²) in [6.07, 6.45) is 0. The van der Waals surface area contributed by atoms with Crippen LogP contribution in [0, 0.1) is 6.92 Å². The molecule has 0 heterocycles. The first-order valence-electron chi connectivity index (χ1n) is 8.70. The lowest BCUT2D eigenvalue weighted by Gasteiger charge is -2.10. The Morgan fingerprint density at radius 1 is 0.704 bits per heavy atom. The van der Waals surface area contributed by atoms with Gasteiger partial charge in [0, 0.05) is 0 Å². The average Bonchev–Trinajstić information content (AvgIpc) is 2.79. The van der Waals surface area contributed by atoms with Crippen molar-refractivity contribution in [1.82, 2.24) is 0 Å². The highest BCUT2D eigenvalue weighted by atomic mass is 16.3. The largest absolute Gasteiger partial charge is 0.504 e. The molecule has 3 nitrogen and oxygen atoms in total. The van der Waals surface area contributed by atoms with Crippen LogP contribution in [0.15, 0.2) is 83.7 Å². The molecule has 0 unspecified atom stereocenters. The molecule has 0 bridgehead atoms. The van der Waals surface area contributed by atoms with Gasteiger partial charge in [-0.2, -0.15) is 0 Å². The molecule has 4 aromatic rings. The molecule has 0 aliphatic rings. The standard InChI is InChI=1S/C24H18O3/c1-15-12-22(25)24(27)23(26)14-21(15)18-9-4-8-17(13-18)20-11-5-7-16-6-2-3-10-19(16)20/h2-14H,1H3,(H2,25,26,27). The van der Waals surface area contributed by atoms with Crippen LogP contribution in [0.4, 0.5) is 0 Å². The Morgan fingerprint density at radius 3 is 2.19 bits per heavy atom. The molecule has 0 aliphatic heterocycles. The summed E-state index contributed by atoms with van der Waals surface area (Å²) in [5.74, 6) is -1.05. The average molecular weight is 354 g/mol. The smallest absolute Gasteiger partial charge is 0.224 e. The summed E-state index contributed by atoms with van der Waals surface area (Å²) in [6, 6.07) is 25.2. The molecule has 0 aromatic heterocycles. The molecule has 3 heteroatoms. The minimum absolute atomic E-state index is 0.418. The minimum atomic E-state index is -0.630. The highest BCUT2D eigenvalue weighted by Gasteiger charge is 2.10. The molecule has 0 amide bonds. The van der Waals surface area contributed by atoms with E-state index in [1.165, 1.54) is 17.5 Å². The van der Waals surface area contributed by atoms with Crippen LogP contribution < -0.4 is 5.43 Å². The van der Waals surface area contributed by atoms with Crippen molar-refractivity contribution in [3.63, 3.8) is 0 Å². The Hall–Kier alpha value is -3.59. The Balaban J connectivity index is 1.94. The Kier molecular flexibility index (Phi) is 4.13. The third-order valence-corrected chi connectivity index (χ3v) is 4.80. The molecule has 2 N–H and O–H groups in total. The highest BCUT2D eigenvalue weighted by Crippen LogP contribution is 2.34. The molecule has 0 saturated carbocycles. The van der Waals surface area contributed by atoms with E-state index in [1.54, 1.807) is 6.92 Å². The van der Waals surface area contributed by atoms with Crippen molar-refractivity contribution in [1.29, 1.82) is 0 Å². The lowest BCUT2D eigenvalue weighted by atomic mass is 9.94. The number of aryl methyl sites for hydroxylation is 1. The first-order valence-corrected chi connectivity index (χ1v) is 8.70. The predicted octanol–water partition coefficient (Wildman–Crippen LogP) is 5.25. The Bertz CT molecular complexity index is 1220. The van der Waals surface area contributed by atoms with Gasteiger partial charge in [0.05, 0.1) is 0 Å². The predicted molar refractivity (Wildman–Crippen MR) is 109 cm³/mol. The summed E-state index contributed by atoms with van der Waals surface area (Å²) in [5.41, 5.74) is 3.81. The van der Waals surface area contributed by atoms with Crippen molar-refractivity contribution in [2.24, 2.45) is 0 Å². The van der Waals surface area contributed by atoms with Gasteiger partial charge < -0.3 is 10.2 Å².